The highest BCUT2D eigenvalue weighted by atomic mass is 16.5. The average molecular weight is 217 g/mol. The number of aryl methyl sites for hydroxylation is 1. The summed E-state index contributed by atoms with van der Waals surface area (Å²) in [6.45, 7) is 4.45. The van der Waals surface area contributed by atoms with Crippen LogP contribution < -0.4 is 10.1 Å². The first-order chi connectivity index (χ1) is 7.74. The zero-order valence-corrected chi connectivity index (χ0v) is 9.99. The highest BCUT2D eigenvalue weighted by Crippen LogP contribution is 2.39. The molecule has 0 spiro atoms. The van der Waals surface area contributed by atoms with Crippen LogP contribution in [0.2, 0.25) is 0 Å². The lowest BCUT2D eigenvalue weighted by Gasteiger charge is -2.40. The van der Waals surface area contributed by atoms with Crippen molar-refractivity contribution in [3.05, 3.63) is 23.8 Å². The van der Waals surface area contributed by atoms with Crippen molar-refractivity contribution in [3.8, 4) is 5.75 Å². The van der Waals surface area contributed by atoms with E-state index in [0.717, 1.165) is 11.7 Å². The molecule has 2 aliphatic rings. The molecule has 1 N–H and O–H groups in total. The summed E-state index contributed by atoms with van der Waals surface area (Å²) in [5, 5.41) is 3.65. The van der Waals surface area contributed by atoms with E-state index in [1.54, 1.807) is 0 Å². The Labute approximate surface area is 97.0 Å². The number of ether oxygens (including phenoxy) is 1. The maximum Gasteiger partial charge on any atom is 0.145 e. The summed E-state index contributed by atoms with van der Waals surface area (Å²) in [6.07, 6.45) is 4.10. The van der Waals surface area contributed by atoms with Crippen LogP contribution >= 0.6 is 0 Å². The first-order valence-electron chi connectivity index (χ1n) is 6.27. The summed E-state index contributed by atoms with van der Waals surface area (Å²) in [5.41, 5.74) is 2.41. The third-order valence-electron chi connectivity index (χ3n) is 3.87. The molecule has 0 aromatic heterocycles. The van der Waals surface area contributed by atoms with Crippen LogP contribution in [-0.4, -0.2) is 12.1 Å². The summed E-state index contributed by atoms with van der Waals surface area (Å²) in [6, 6.07) is 6.85. The minimum absolute atomic E-state index is 0.379. The number of para-hydroxylation sites is 1. The van der Waals surface area contributed by atoms with Gasteiger partial charge in [0.25, 0.3) is 0 Å². The van der Waals surface area contributed by atoms with Gasteiger partial charge in [-0.2, -0.15) is 0 Å². The lowest BCUT2D eigenvalue weighted by molar-refractivity contribution is 0.111. The topological polar surface area (TPSA) is 21.3 Å². The maximum absolute atomic E-state index is 6.15. The molecule has 1 aliphatic carbocycles. The van der Waals surface area contributed by atoms with E-state index < -0.39 is 0 Å². The fraction of sp³-hybridized carbons (Fsp3) is 0.571. The van der Waals surface area contributed by atoms with E-state index in [1.165, 1.54) is 30.5 Å². The Morgan fingerprint density at radius 2 is 2.19 bits per heavy atom. The SMILES string of the molecule is Cc1cccc2c1OC1CCC(C)CC1N2. The Morgan fingerprint density at radius 3 is 3.06 bits per heavy atom. The molecule has 0 saturated heterocycles. The quantitative estimate of drug-likeness (QED) is 0.719. The largest absolute Gasteiger partial charge is 0.486 e. The number of nitrogens with one attached hydrogen (secondary N) is 1. The molecular formula is C14H19NO. The number of hydrogen-bond donors (Lipinski definition) is 1. The molecule has 0 amide bonds. The molecule has 1 heterocycles. The molecule has 1 aromatic rings. The first kappa shape index (κ1) is 10.0. The van der Waals surface area contributed by atoms with Crippen LogP contribution in [0.15, 0.2) is 18.2 Å². The second-order valence-corrected chi connectivity index (χ2v) is 5.28. The number of rotatable bonds is 0. The second kappa shape index (κ2) is 3.69. The van der Waals surface area contributed by atoms with Gasteiger partial charge in [-0.25, -0.2) is 0 Å². The van der Waals surface area contributed by atoms with Crippen LogP contribution in [0.25, 0.3) is 0 Å². The van der Waals surface area contributed by atoms with Gasteiger partial charge in [0, 0.05) is 0 Å². The maximum atomic E-state index is 6.15. The minimum Gasteiger partial charge on any atom is -0.486 e. The first-order valence-corrected chi connectivity index (χ1v) is 6.27. The van der Waals surface area contributed by atoms with Crippen molar-refractivity contribution in [3.63, 3.8) is 0 Å². The van der Waals surface area contributed by atoms with Crippen molar-refractivity contribution in [2.45, 2.75) is 45.3 Å². The standard InChI is InChI=1S/C14H19NO/c1-9-6-7-13-12(8-9)15-11-5-3-4-10(2)14(11)16-13/h3-5,9,12-13,15H,6-8H2,1-2H3. The molecule has 1 saturated carbocycles. The fourth-order valence-corrected chi connectivity index (χ4v) is 2.92. The van der Waals surface area contributed by atoms with Gasteiger partial charge in [0.15, 0.2) is 0 Å². The van der Waals surface area contributed by atoms with Crippen molar-refractivity contribution in [2.75, 3.05) is 5.32 Å². The van der Waals surface area contributed by atoms with Gasteiger partial charge in [-0.1, -0.05) is 19.1 Å². The van der Waals surface area contributed by atoms with Crippen LogP contribution in [0.3, 0.4) is 0 Å². The van der Waals surface area contributed by atoms with E-state index in [2.05, 4.69) is 37.4 Å². The normalized spacial score (nSPS) is 32.0. The van der Waals surface area contributed by atoms with E-state index in [-0.39, 0.29) is 0 Å². The highest BCUT2D eigenvalue weighted by Gasteiger charge is 2.34. The summed E-state index contributed by atoms with van der Waals surface area (Å²) in [5.74, 6) is 1.89. The van der Waals surface area contributed by atoms with E-state index in [9.17, 15) is 0 Å². The van der Waals surface area contributed by atoms with Crippen molar-refractivity contribution in [1.29, 1.82) is 0 Å². The number of anilines is 1. The minimum atomic E-state index is 0.379. The molecule has 3 atom stereocenters. The van der Waals surface area contributed by atoms with E-state index >= 15 is 0 Å². The third-order valence-corrected chi connectivity index (χ3v) is 3.87. The van der Waals surface area contributed by atoms with Gasteiger partial charge in [0.2, 0.25) is 0 Å². The smallest absolute Gasteiger partial charge is 0.145 e. The van der Waals surface area contributed by atoms with Crippen LogP contribution in [-0.2, 0) is 0 Å². The Kier molecular flexibility index (Phi) is 2.31. The Bertz CT molecular complexity index is 402. The van der Waals surface area contributed by atoms with Crippen LogP contribution in [0.5, 0.6) is 5.75 Å². The van der Waals surface area contributed by atoms with Gasteiger partial charge in [0.1, 0.15) is 11.9 Å². The zero-order valence-electron chi connectivity index (χ0n) is 9.99. The predicted molar refractivity (Wildman–Crippen MR) is 66.0 cm³/mol. The van der Waals surface area contributed by atoms with E-state index in [0.29, 0.717) is 12.1 Å². The molecule has 2 nitrogen and oxygen atoms in total. The molecule has 1 fully saturated rings. The van der Waals surface area contributed by atoms with Gasteiger partial charge in [-0.15, -0.1) is 0 Å². The molecule has 16 heavy (non-hydrogen) atoms. The average Bonchev–Trinajstić information content (AvgIpc) is 2.27. The summed E-state index contributed by atoms with van der Waals surface area (Å²) in [4.78, 5) is 0. The van der Waals surface area contributed by atoms with Crippen molar-refractivity contribution in [1.82, 2.24) is 0 Å². The van der Waals surface area contributed by atoms with Gasteiger partial charge in [-0.05, 0) is 43.7 Å². The molecule has 0 radical (unpaired) electrons. The Hall–Kier alpha value is -1.18. The van der Waals surface area contributed by atoms with Crippen molar-refractivity contribution >= 4 is 5.69 Å². The molecule has 2 heteroatoms. The molecule has 3 unspecified atom stereocenters. The van der Waals surface area contributed by atoms with E-state index in [1.807, 2.05) is 0 Å². The fourth-order valence-electron chi connectivity index (χ4n) is 2.92. The molecule has 1 aromatic carbocycles. The summed E-state index contributed by atoms with van der Waals surface area (Å²) < 4.78 is 6.15. The highest BCUT2D eigenvalue weighted by molar-refractivity contribution is 5.62. The van der Waals surface area contributed by atoms with Gasteiger partial charge < -0.3 is 10.1 Å². The van der Waals surface area contributed by atoms with Crippen LogP contribution in [0.4, 0.5) is 5.69 Å². The number of fused-ring (bicyclic) bond motifs is 2. The lowest BCUT2D eigenvalue weighted by Crippen LogP contribution is -2.45. The van der Waals surface area contributed by atoms with Crippen LogP contribution in [0.1, 0.15) is 31.7 Å². The zero-order chi connectivity index (χ0) is 11.1. The number of benzene rings is 1. The molecular weight excluding hydrogens is 198 g/mol. The summed E-state index contributed by atoms with van der Waals surface area (Å²) in [7, 11) is 0. The van der Waals surface area contributed by atoms with Crippen molar-refractivity contribution < 1.29 is 4.74 Å². The van der Waals surface area contributed by atoms with Crippen molar-refractivity contribution in [2.24, 2.45) is 5.92 Å². The molecule has 0 bridgehead atoms. The summed E-state index contributed by atoms with van der Waals surface area (Å²) >= 11 is 0. The van der Waals surface area contributed by atoms with Crippen LogP contribution in [0, 0.1) is 12.8 Å². The monoisotopic (exact) mass is 217 g/mol. The van der Waals surface area contributed by atoms with E-state index in [4.69, 9.17) is 4.74 Å². The molecule has 1 aliphatic heterocycles. The predicted octanol–water partition coefficient (Wildman–Crippen LogP) is 3.36. The molecule has 3 rings (SSSR count). The third kappa shape index (κ3) is 1.57. The van der Waals surface area contributed by atoms with Gasteiger partial charge >= 0.3 is 0 Å². The second-order valence-electron chi connectivity index (χ2n) is 5.28. The molecule has 86 valence electrons. The van der Waals surface area contributed by atoms with Gasteiger partial charge in [0.05, 0.1) is 11.7 Å². The number of hydrogen-bond acceptors (Lipinski definition) is 2. The Morgan fingerprint density at radius 1 is 1.31 bits per heavy atom. The van der Waals surface area contributed by atoms with Gasteiger partial charge in [-0.3, -0.25) is 0 Å². The lowest BCUT2D eigenvalue weighted by atomic mass is 9.84. The Balaban J connectivity index is 1.91.